The number of hydrogen-bond donors (Lipinski definition) is 1. The standard InChI is InChI=1S/C9H5Cl2F3O2/c10-5-2-1-4(3-6(5)11)7(15)8(16)9(12,13)14/h1-3,8,16H. The van der Waals surface area contributed by atoms with Gasteiger partial charge in [-0.25, -0.2) is 0 Å². The second-order valence-electron chi connectivity index (χ2n) is 2.94. The highest BCUT2D eigenvalue weighted by atomic mass is 35.5. The van der Waals surface area contributed by atoms with Crippen molar-refractivity contribution in [1.82, 2.24) is 0 Å². The summed E-state index contributed by atoms with van der Waals surface area (Å²) in [6.07, 6.45) is -8.05. The minimum Gasteiger partial charge on any atom is -0.377 e. The monoisotopic (exact) mass is 272 g/mol. The third-order valence-corrected chi connectivity index (χ3v) is 2.50. The number of rotatable bonds is 2. The van der Waals surface area contributed by atoms with Crippen molar-refractivity contribution in [2.75, 3.05) is 0 Å². The second-order valence-corrected chi connectivity index (χ2v) is 3.75. The summed E-state index contributed by atoms with van der Waals surface area (Å²) in [5.41, 5.74) is -0.348. The van der Waals surface area contributed by atoms with Crippen LogP contribution in [0.25, 0.3) is 0 Å². The summed E-state index contributed by atoms with van der Waals surface area (Å²) in [4.78, 5) is 11.2. The smallest absolute Gasteiger partial charge is 0.377 e. The van der Waals surface area contributed by atoms with Gasteiger partial charge >= 0.3 is 6.18 Å². The normalized spacial score (nSPS) is 13.6. The van der Waals surface area contributed by atoms with Gasteiger partial charge in [-0.2, -0.15) is 13.2 Å². The number of carbonyl (C=O) groups is 1. The van der Waals surface area contributed by atoms with Crippen molar-refractivity contribution < 1.29 is 23.1 Å². The number of carbonyl (C=O) groups excluding carboxylic acids is 1. The van der Waals surface area contributed by atoms with Crippen LogP contribution in [-0.4, -0.2) is 23.2 Å². The molecule has 16 heavy (non-hydrogen) atoms. The lowest BCUT2D eigenvalue weighted by atomic mass is 10.1. The maximum Gasteiger partial charge on any atom is 0.421 e. The minimum absolute atomic E-state index is 0.0538. The van der Waals surface area contributed by atoms with Crippen LogP contribution in [0.1, 0.15) is 10.4 Å². The predicted octanol–water partition coefficient (Wildman–Crippen LogP) is 3.10. The number of ketones is 1. The van der Waals surface area contributed by atoms with Gasteiger partial charge in [0.2, 0.25) is 11.9 Å². The van der Waals surface area contributed by atoms with E-state index < -0.39 is 18.1 Å². The van der Waals surface area contributed by atoms with E-state index in [1.54, 1.807) is 0 Å². The van der Waals surface area contributed by atoms with Crippen LogP contribution in [0.2, 0.25) is 10.0 Å². The van der Waals surface area contributed by atoms with Crippen LogP contribution >= 0.6 is 23.2 Å². The van der Waals surface area contributed by atoms with Gasteiger partial charge in [-0.05, 0) is 18.2 Å². The third-order valence-electron chi connectivity index (χ3n) is 1.76. The van der Waals surface area contributed by atoms with Crippen molar-refractivity contribution in [2.45, 2.75) is 12.3 Å². The molecule has 1 N–H and O–H groups in total. The summed E-state index contributed by atoms with van der Waals surface area (Å²) in [7, 11) is 0. The first-order chi connectivity index (χ1) is 7.23. The maximum absolute atomic E-state index is 12.0. The number of aliphatic hydroxyl groups is 1. The number of hydrogen-bond acceptors (Lipinski definition) is 2. The zero-order valence-electron chi connectivity index (χ0n) is 7.55. The highest BCUT2D eigenvalue weighted by molar-refractivity contribution is 6.42. The zero-order valence-corrected chi connectivity index (χ0v) is 9.07. The fraction of sp³-hybridized carbons (Fsp3) is 0.222. The first-order valence-corrected chi connectivity index (χ1v) is 4.73. The molecule has 0 bridgehead atoms. The number of aliphatic hydroxyl groups excluding tert-OH is 1. The van der Waals surface area contributed by atoms with Crippen molar-refractivity contribution in [2.24, 2.45) is 0 Å². The molecule has 0 aromatic heterocycles. The predicted molar refractivity (Wildman–Crippen MR) is 52.9 cm³/mol. The fourth-order valence-corrected chi connectivity index (χ4v) is 1.25. The highest BCUT2D eigenvalue weighted by Gasteiger charge is 2.43. The molecule has 88 valence electrons. The van der Waals surface area contributed by atoms with Crippen molar-refractivity contribution in [3.8, 4) is 0 Å². The molecule has 0 saturated heterocycles. The van der Waals surface area contributed by atoms with Crippen LogP contribution in [-0.2, 0) is 0 Å². The zero-order chi connectivity index (χ0) is 12.5. The molecule has 0 fully saturated rings. The maximum atomic E-state index is 12.0. The molecule has 0 amide bonds. The Balaban J connectivity index is 3.02. The van der Waals surface area contributed by atoms with Gasteiger partial charge in [-0.3, -0.25) is 4.79 Å². The molecule has 1 atom stereocenters. The molecule has 0 spiro atoms. The molecule has 0 aliphatic carbocycles. The quantitative estimate of drug-likeness (QED) is 0.840. The van der Waals surface area contributed by atoms with Crippen molar-refractivity contribution in [3.63, 3.8) is 0 Å². The molecule has 0 heterocycles. The van der Waals surface area contributed by atoms with E-state index in [4.69, 9.17) is 28.3 Å². The Bertz CT molecular complexity index is 418. The van der Waals surface area contributed by atoms with E-state index in [-0.39, 0.29) is 15.6 Å². The van der Waals surface area contributed by atoms with Gasteiger partial charge in [-0.15, -0.1) is 0 Å². The van der Waals surface area contributed by atoms with E-state index in [0.717, 1.165) is 12.1 Å². The van der Waals surface area contributed by atoms with Crippen LogP contribution in [0.3, 0.4) is 0 Å². The number of halogens is 5. The molecule has 0 aliphatic heterocycles. The molecule has 1 aromatic rings. The van der Waals surface area contributed by atoms with E-state index in [0.29, 0.717) is 0 Å². The number of benzene rings is 1. The Morgan fingerprint density at radius 3 is 2.25 bits per heavy atom. The molecule has 0 saturated carbocycles. The van der Waals surface area contributed by atoms with Gasteiger partial charge in [-0.1, -0.05) is 23.2 Å². The molecule has 1 rings (SSSR count). The molecule has 2 nitrogen and oxygen atoms in total. The summed E-state index contributed by atoms with van der Waals surface area (Å²) in [5.74, 6) is -1.47. The van der Waals surface area contributed by atoms with Crippen molar-refractivity contribution in [1.29, 1.82) is 0 Å². The Hall–Kier alpha value is -0.780. The fourth-order valence-electron chi connectivity index (χ4n) is 0.956. The molecular weight excluding hydrogens is 268 g/mol. The Morgan fingerprint density at radius 1 is 1.25 bits per heavy atom. The molecular formula is C9H5Cl2F3O2. The molecule has 7 heteroatoms. The second kappa shape index (κ2) is 4.61. The summed E-state index contributed by atoms with van der Waals surface area (Å²) >= 11 is 11.1. The van der Waals surface area contributed by atoms with Crippen LogP contribution < -0.4 is 0 Å². The first-order valence-electron chi connectivity index (χ1n) is 3.97. The van der Waals surface area contributed by atoms with E-state index in [2.05, 4.69) is 0 Å². The molecule has 0 radical (unpaired) electrons. The summed E-state index contributed by atoms with van der Waals surface area (Å²) in [6, 6.07) is 3.22. The lowest BCUT2D eigenvalue weighted by Crippen LogP contribution is -2.36. The van der Waals surface area contributed by atoms with Crippen molar-refractivity contribution >= 4 is 29.0 Å². The summed E-state index contributed by atoms with van der Waals surface area (Å²) in [5, 5.41) is 8.77. The lowest BCUT2D eigenvalue weighted by Gasteiger charge is -2.13. The Kier molecular flexibility index (Phi) is 3.83. The minimum atomic E-state index is -5.00. The van der Waals surface area contributed by atoms with E-state index in [1.165, 1.54) is 6.07 Å². The average molecular weight is 273 g/mol. The van der Waals surface area contributed by atoms with Crippen LogP contribution in [0, 0.1) is 0 Å². The van der Waals surface area contributed by atoms with E-state index >= 15 is 0 Å². The summed E-state index contributed by atoms with van der Waals surface area (Å²) < 4.78 is 36.1. The van der Waals surface area contributed by atoms with Gasteiger partial charge in [0.15, 0.2) is 0 Å². The first kappa shape index (κ1) is 13.3. The van der Waals surface area contributed by atoms with Gasteiger partial charge in [0.1, 0.15) is 0 Å². The topological polar surface area (TPSA) is 37.3 Å². The van der Waals surface area contributed by atoms with E-state index in [9.17, 15) is 18.0 Å². The average Bonchev–Trinajstić information content (AvgIpc) is 2.18. The van der Waals surface area contributed by atoms with Gasteiger partial charge in [0, 0.05) is 5.56 Å². The van der Waals surface area contributed by atoms with E-state index in [1.807, 2.05) is 0 Å². The molecule has 1 aromatic carbocycles. The Labute approximate surface area is 98.6 Å². The largest absolute Gasteiger partial charge is 0.421 e. The van der Waals surface area contributed by atoms with Crippen LogP contribution in [0.4, 0.5) is 13.2 Å². The molecule has 0 aliphatic rings. The van der Waals surface area contributed by atoms with Crippen LogP contribution in [0.15, 0.2) is 18.2 Å². The summed E-state index contributed by atoms with van der Waals surface area (Å²) in [6.45, 7) is 0. The van der Waals surface area contributed by atoms with Crippen LogP contribution in [0.5, 0.6) is 0 Å². The highest BCUT2D eigenvalue weighted by Crippen LogP contribution is 2.26. The Morgan fingerprint density at radius 2 is 1.81 bits per heavy atom. The SMILES string of the molecule is O=C(c1ccc(Cl)c(Cl)c1)C(O)C(F)(F)F. The van der Waals surface area contributed by atoms with Gasteiger partial charge in [0.25, 0.3) is 0 Å². The third kappa shape index (κ3) is 2.87. The number of Topliss-reactive ketones (excluding diaryl/α,β-unsaturated/α-hetero) is 1. The number of alkyl halides is 3. The molecule has 1 unspecified atom stereocenters. The van der Waals surface area contributed by atoms with Crippen molar-refractivity contribution in [3.05, 3.63) is 33.8 Å². The van der Waals surface area contributed by atoms with Gasteiger partial charge < -0.3 is 5.11 Å². The lowest BCUT2D eigenvalue weighted by molar-refractivity contribution is -0.186. The van der Waals surface area contributed by atoms with Gasteiger partial charge in [0.05, 0.1) is 10.0 Å².